The highest BCUT2D eigenvalue weighted by molar-refractivity contribution is 5.97. The van der Waals surface area contributed by atoms with Crippen molar-refractivity contribution in [2.45, 2.75) is 37.8 Å². The normalized spacial score (nSPS) is 22.4. The Morgan fingerprint density at radius 3 is 2.87 bits per heavy atom. The van der Waals surface area contributed by atoms with Gasteiger partial charge in [0.25, 0.3) is 5.91 Å². The maximum Gasteiger partial charge on any atom is 0.255 e. The lowest BCUT2D eigenvalue weighted by molar-refractivity contribution is -0.135. The number of para-hydroxylation sites is 1. The SMILES string of the molecule is CC(NC(=O)CN1CCC2(CCC1=O)CNC(=O)c1ccccc1O2)c1ccco1. The third-order valence-corrected chi connectivity index (χ3v) is 5.70. The highest BCUT2D eigenvalue weighted by atomic mass is 16.5. The van der Waals surface area contributed by atoms with E-state index in [0.717, 1.165) is 0 Å². The molecule has 30 heavy (non-hydrogen) atoms. The van der Waals surface area contributed by atoms with Crippen LogP contribution in [0.15, 0.2) is 47.1 Å². The second-order valence-corrected chi connectivity index (χ2v) is 7.83. The predicted molar refractivity (Wildman–Crippen MR) is 108 cm³/mol. The standard InChI is InChI=1S/C22H25N3O5/c1-15(17-7-4-12-29-17)24-19(26)13-25-11-10-22(9-8-20(25)27)14-23-21(28)16-5-2-3-6-18(16)30-22/h2-7,12,15H,8-11,13-14H2,1H3,(H,23,28)(H,24,26). The predicted octanol–water partition coefficient (Wildman–Crippen LogP) is 2.03. The van der Waals surface area contributed by atoms with Gasteiger partial charge in [-0.15, -0.1) is 0 Å². The summed E-state index contributed by atoms with van der Waals surface area (Å²) in [5.74, 6) is 0.661. The van der Waals surface area contributed by atoms with Crippen LogP contribution in [0.25, 0.3) is 0 Å². The van der Waals surface area contributed by atoms with Gasteiger partial charge in [-0.05, 0) is 37.6 Å². The summed E-state index contributed by atoms with van der Waals surface area (Å²) in [6, 6.07) is 10.4. The first-order chi connectivity index (χ1) is 14.5. The molecule has 3 amide bonds. The Hall–Kier alpha value is -3.29. The second-order valence-electron chi connectivity index (χ2n) is 7.83. The molecule has 0 bridgehead atoms. The average molecular weight is 411 g/mol. The Balaban J connectivity index is 1.42. The lowest BCUT2D eigenvalue weighted by atomic mass is 9.94. The maximum absolute atomic E-state index is 12.7. The molecule has 8 nitrogen and oxygen atoms in total. The maximum atomic E-state index is 12.7. The van der Waals surface area contributed by atoms with E-state index in [2.05, 4.69) is 10.6 Å². The number of nitrogens with zero attached hydrogens (tertiary/aromatic N) is 1. The summed E-state index contributed by atoms with van der Waals surface area (Å²) in [5, 5.41) is 5.77. The van der Waals surface area contributed by atoms with Crippen LogP contribution in [0.3, 0.4) is 0 Å². The van der Waals surface area contributed by atoms with Crippen LogP contribution in [0.5, 0.6) is 5.75 Å². The first kappa shape index (κ1) is 20.0. The summed E-state index contributed by atoms with van der Waals surface area (Å²) < 4.78 is 11.6. The van der Waals surface area contributed by atoms with Crippen LogP contribution >= 0.6 is 0 Å². The summed E-state index contributed by atoms with van der Waals surface area (Å²) in [7, 11) is 0. The zero-order valence-electron chi connectivity index (χ0n) is 16.8. The van der Waals surface area contributed by atoms with Gasteiger partial charge in [-0.1, -0.05) is 12.1 Å². The van der Waals surface area contributed by atoms with Crippen molar-refractivity contribution in [3.05, 3.63) is 54.0 Å². The third kappa shape index (κ3) is 4.17. The van der Waals surface area contributed by atoms with Crippen molar-refractivity contribution in [2.24, 2.45) is 0 Å². The molecule has 1 spiro atoms. The lowest BCUT2D eigenvalue weighted by Gasteiger charge is -2.32. The molecule has 0 aliphatic carbocycles. The van der Waals surface area contributed by atoms with Crippen LogP contribution in [0.2, 0.25) is 0 Å². The van der Waals surface area contributed by atoms with Crippen molar-refractivity contribution in [1.82, 2.24) is 15.5 Å². The van der Waals surface area contributed by atoms with Gasteiger partial charge in [0.15, 0.2) is 0 Å². The fourth-order valence-corrected chi connectivity index (χ4v) is 3.95. The number of hydrogen-bond acceptors (Lipinski definition) is 5. The number of carbonyl (C=O) groups is 3. The summed E-state index contributed by atoms with van der Waals surface area (Å²) >= 11 is 0. The van der Waals surface area contributed by atoms with Crippen LogP contribution in [0, 0.1) is 0 Å². The van der Waals surface area contributed by atoms with Gasteiger partial charge in [0.1, 0.15) is 17.1 Å². The van der Waals surface area contributed by atoms with Crippen molar-refractivity contribution in [2.75, 3.05) is 19.6 Å². The average Bonchev–Trinajstić information content (AvgIpc) is 3.19. The number of amides is 3. The van der Waals surface area contributed by atoms with Crippen molar-refractivity contribution in [3.63, 3.8) is 0 Å². The minimum absolute atomic E-state index is 0.0249. The monoisotopic (exact) mass is 411 g/mol. The van der Waals surface area contributed by atoms with Gasteiger partial charge in [0.05, 0.1) is 31.0 Å². The zero-order valence-corrected chi connectivity index (χ0v) is 16.8. The van der Waals surface area contributed by atoms with Gasteiger partial charge < -0.3 is 24.7 Å². The molecule has 8 heteroatoms. The van der Waals surface area contributed by atoms with Crippen LogP contribution in [-0.2, 0) is 9.59 Å². The molecule has 2 unspecified atom stereocenters. The number of likely N-dealkylation sites (tertiary alicyclic amines) is 1. The van der Waals surface area contributed by atoms with Crippen LogP contribution < -0.4 is 15.4 Å². The second kappa shape index (κ2) is 8.22. The van der Waals surface area contributed by atoms with E-state index < -0.39 is 5.60 Å². The minimum atomic E-state index is -0.676. The Kier molecular flexibility index (Phi) is 5.48. The van der Waals surface area contributed by atoms with E-state index in [1.54, 1.807) is 41.5 Å². The Labute approximate surface area is 174 Å². The van der Waals surface area contributed by atoms with Crippen molar-refractivity contribution >= 4 is 17.7 Å². The minimum Gasteiger partial charge on any atom is -0.485 e. The van der Waals surface area contributed by atoms with Gasteiger partial charge in [-0.25, -0.2) is 0 Å². The van der Waals surface area contributed by atoms with Gasteiger partial charge in [0.2, 0.25) is 11.8 Å². The van der Waals surface area contributed by atoms with E-state index in [1.807, 2.05) is 13.0 Å². The van der Waals surface area contributed by atoms with E-state index in [9.17, 15) is 14.4 Å². The molecule has 2 atom stereocenters. The molecule has 158 valence electrons. The van der Waals surface area contributed by atoms with Crippen molar-refractivity contribution in [1.29, 1.82) is 0 Å². The zero-order chi connectivity index (χ0) is 21.1. The van der Waals surface area contributed by atoms with Crippen molar-refractivity contribution in [3.8, 4) is 5.75 Å². The Morgan fingerprint density at radius 1 is 1.23 bits per heavy atom. The number of carbonyl (C=O) groups excluding carboxylic acids is 3. The van der Waals surface area contributed by atoms with Crippen molar-refractivity contribution < 1.29 is 23.5 Å². The fourth-order valence-electron chi connectivity index (χ4n) is 3.95. The topological polar surface area (TPSA) is 101 Å². The lowest BCUT2D eigenvalue weighted by Crippen LogP contribution is -2.46. The van der Waals surface area contributed by atoms with E-state index >= 15 is 0 Å². The van der Waals surface area contributed by atoms with Gasteiger partial charge in [0, 0.05) is 19.4 Å². The van der Waals surface area contributed by atoms with E-state index in [-0.39, 0.29) is 36.7 Å². The molecule has 3 heterocycles. The number of ether oxygens (including phenoxy) is 1. The summed E-state index contributed by atoms with van der Waals surface area (Å²) in [4.78, 5) is 39.1. The number of fused-ring (bicyclic) bond motifs is 1. The van der Waals surface area contributed by atoms with Crippen LogP contribution in [0.1, 0.15) is 48.3 Å². The Morgan fingerprint density at radius 2 is 2.07 bits per heavy atom. The van der Waals surface area contributed by atoms with E-state index in [0.29, 0.717) is 43.0 Å². The van der Waals surface area contributed by atoms with Gasteiger partial charge in [-0.2, -0.15) is 0 Å². The molecular formula is C22H25N3O5. The molecular weight excluding hydrogens is 386 g/mol. The van der Waals surface area contributed by atoms with Crippen LogP contribution in [-0.4, -0.2) is 47.9 Å². The molecule has 2 N–H and O–H groups in total. The summed E-state index contributed by atoms with van der Waals surface area (Å²) in [6.07, 6.45) is 2.80. The van der Waals surface area contributed by atoms with Gasteiger partial charge in [-0.3, -0.25) is 14.4 Å². The molecule has 1 fully saturated rings. The molecule has 1 aromatic carbocycles. The fraction of sp³-hybridized carbons (Fsp3) is 0.409. The summed E-state index contributed by atoms with van der Waals surface area (Å²) in [6.45, 7) is 2.50. The number of rotatable bonds is 4. The smallest absolute Gasteiger partial charge is 0.255 e. The molecule has 2 aromatic rings. The third-order valence-electron chi connectivity index (χ3n) is 5.70. The number of hydrogen-bond donors (Lipinski definition) is 2. The molecule has 2 aliphatic rings. The highest BCUT2D eigenvalue weighted by Gasteiger charge is 2.40. The van der Waals surface area contributed by atoms with E-state index in [4.69, 9.17) is 9.15 Å². The number of nitrogens with one attached hydrogen (secondary N) is 2. The molecule has 0 radical (unpaired) electrons. The molecule has 2 aliphatic heterocycles. The summed E-state index contributed by atoms with van der Waals surface area (Å²) in [5.41, 5.74) is -0.182. The van der Waals surface area contributed by atoms with Gasteiger partial charge >= 0.3 is 0 Å². The molecule has 4 rings (SSSR count). The Bertz CT molecular complexity index is 942. The first-order valence-electron chi connectivity index (χ1n) is 10.1. The first-order valence-corrected chi connectivity index (χ1v) is 10.1. The van der Waals surface area contributed by atoms with E-state index in [1.165, 1.54) is 0 Å². The highest BCUT2D eigenvalue weighted by Crippen LogP contribution is 2.33. The number of furan rings is 1. The molecule has 1 aromatic heterocycles. The number of benzene rings is 1. The molecule has 0 saturated carbocycles. The molecule has 1 saturated heterocycles. The quantitative estimate of drug-likeness (QED) is 0.802. The van der Waals surface area contributed by atoms with Crippen LogP contribution in [0.4, 0.5) is 0 Å². The largest absolute Gasteiger partial charge is 0.485 e.